The molecule has 0 bridgehead atoms. The van der Waals surface area contributed by atoms with Gasteiger partial charge in [-0.1, -0.05) is 41.9 Å². The molecule has 0 aliphatic heterocycles. The molecule has 9 heteroatoms. The molecular weight excluding hydrogens is 492 g/mol. The summed E-state index contributed by atoms with van der Waals surface area (Å²) in [6, 6.07) is 10.3. The fraction of sp³-hybridized carbons (Fsp3) is 0.429. The molecule has 0 spiro atoms. The molecule has 0 radical (unpaired) electrons. The first kappa shape index (κ1) is 25.3. The molecule has 0 saturated heterocycles. The summed E-state index contributed by atoms with van der Waals surface area (Å²) >= 11 is 6.59. The molecule has 1 atom stereocenters. The number of nitrogens with zero attached hydrogens (tertiary/aromatic N) is 3. The van der Waals surface area contributed by atoms with Gasteiger partial charge in [-0.25, -0.2) is 4.98 Å². The minimum absolute atomic E-state index is 0.00845. The van der Waals surface area contributed by atoms with Gasteiger partial charge in [0.05, 0.1) is 22.2 Å². The number of halogens is 1. The van der Waals surface area contributed by atoms with Crippen LogP contribution < -0.4 is 4.74 Å². The average molecular weight is 523 g/mol. The highest BCUT2D eigenvalue weighted by atomic mass is 35.5. The number of nitrogens with one attached hydrogen (secondary N) is 1. The zero-order valence-corrected chi connectivity index (χ0v) is 21.8. The van der Waals surface area contributed by atoms with E-state index in [1.54, 1.807) is 19.0 Å². The summed E-state index contributed by atoms with van der Waals surface area (Å²) in [6.07, 6.45) is 7.25. The molecule has 3 aromatic rings. The molecule has 194 valence electrons. The lowest BCUT2D eigenvalue weighted by molar-refractivity contribution is -0.142. The van der Waals surface area contributed by atoms with E-state index in [9.17, 15) is 14.7 Å². The summed E-state index contributed by atoms with van der Waals surface area (Å²) in [4.78, 5) is 37.5. The lowest BCUT2D eigenvalue weighted by Crippen LogP contribution is -2.34. The first-order valence-corrected chi connectivity index (χ1v) is 13.1. The van der Waals surface area contributed by atoms with Crippen molar-refractivity contribution in [2.75, 3.05) is 14.1 Å². The Morgan fingerprint density at radius 1 is 1.03 bits per heavy atom. The van der Waals surface area contributed by atoms with Crippen molar-refractivity contribution < 1.29 is 19.4 Å². The van der Waals surface area contributed by atoms with Gasteiger partial charge < -0.3 is 19.7 Å². The number of rotatable bonds is 6. The summed E-state index contributed by atoms with van der Waals surface area (Å²) in [5.74, 6) is -0.764. The number of aromatic nitrogens is 3. The number of allylic oxidation sites excluding steroid dienone is 2. The first-order chi connectivity index (χ1) is 17.8. The molecule has 1 unspecified atom stereocenters. The molecule has 1 saturated carbocycles. The Balaban J connectivity index is 1.27. The van der Waals surface area contributed by atoms with E-state index in [0.29, 0.717) is 40.7 Å². The van der Waals surface area contributed by atoms with Crippen LogP contribution in [-0.2, 0) is 9.59 Å². The maximum Gasteiger partial charge on any atom is 0.306 e. The molecule has 37 heavy (non-hydrogen) atoms. The van der Waals surface area contributed by atoms with Crippen molar-refractivity contribution in [1.29, 1.82) is 0 Å². The van der Waals surface area contributed by atoms with Crippen molar-refractivity contribution in [1.82, 2.24) is 19.9 Å². The number of ether oxygens (including phenoxy) is 1. The monoisotopic (exact) mass is 522 g/mol. The fourth-order valence-corrected chi connectivity index (χ4v) is 5.53. The van der Waals surface area contributed by atoms with Crippen LogP contribution in [0.25, 0.3) is 28.0 Å². The quantitative estimate of drug-likeness (QED) is 0.438. The minimum Gasteiger partial charge on any atom is -0.481 e. The predicted octanol–water partition coefficient (Wildman–Crippen LogP) is 5.57. The largest absolute Gasteiger partial charge is 0.481 e. The van der Waals surface area contributed by atoms with Crippen molar-refractivity contribution in [3.63, 3.8) is 0 Å². The molecule has 2 N–H and O–H groups in total. The summed E-state index contributed by atoms with van der Waals surface area (Å²) in [5.41, 5.74) is 5.02. The number of fused-ring (bicyclic) bond motifs is 1. The van der Waals surface area contributed by atoms with Crippen LogP contribution in [-0.4, -0.2) is 57.0 Å². The Hall–Kier alpha value is -3.39. The first-order valence-electron chi connectivity index (χ1n) is 12.7. The molecule has 1 fully saturated rings. The number of carbonyl (C=O) groups is 2. The minimum atomic E-state index is -0.724. The molecule has 2 aliphatic rings. The number of hydrogen-bond acceptors (Lipinski definition) is 5. The number of hydrogen-bond donors (Lipinski definition) is 2. The highest BCUT2D eigenvalue weighted by molar-refractivity contribution is 6.33. The van der Waals surface area contributed by atoms with Gasteiger partial charge in [0.15, 0.2) is 5.65 Å². The lowest BCUT2D eigenvalue weighted by Gasteiger charge is -2.28. The summed E-state index contributed by atoms with van der Waals surface area (Å²) < 4.78 is 6.10. The molecular formula is C28H31ClN4O4. The van der Waals surface area contributed by atoms with Crippen LogP contribution in [0.15, 0.2) is 36.4 Å². The summed E-state index contributed by atoms with van der Waals surface area (Å²) in [7, 11) is 3.60. The topological polar surface area (TPSA) is 108 Å². The van der Waals surface area contributed by atoms with E-state index in [0.717, 1.165) is 43.2 Å². The van der Waals surface area contributed by atoms with Crippen LogP contribution in [0.3, 0.4) is 0 Å². The third-order valence-corrected chi connectivity index (χ3v) is 7.72. The van der Waals surface area contributed by atoms with Gasteiger partial charge in [0, 0.05) is 25.6 Å². The van der Waals surface area contributed by atoms with E-state index in [1.807, 2.05) is 36.4 Å². The van der Waals surface area contributed by atoms with Crippen molar-refractivity contribution in [3.05, 3.63) is 47.0 Å². The zero-order valence-electron chi connectivity index (χ0n) is 21.0. The van der Waals surface area contributed by atoms with Crippen LogP contribution >= 0.6 is 11.6 Å². The Morgan fingerprint density at radius 2 is 1.73 bits per heavy atom. The molecule has 2 heterocycles. The van der Waals surface area contributed by atoms with Gasteiger partial charge >= 0.3 is 5.97 Å². The Bertz CT molecular complexity index is 1340. The van der Waals surface area contributed by atoms with E-state index >= 15 is 0 Å². The second-order valence-corrected chi connectivity index (χ2v) is 10.6. The molecule has 1 amide bonds. The van der Waals surface area contributed by atoms with Crippen molar-refractivity contribution in [2.24, 2.45) is 11.8 Å². The SMILES string of the molecule is CN(C)C(=O)C1CCC(Oc2nc3nc(-c4ccc(C5=CCC(C(=O)O)CC5)cc4)c(Cl)cc3[nH]2)CC1. The predicted molar refractivity (Wildman–Crippen MR) is 142 cm³/mol. The number of benzene rings is 1. The number of amides is 1. The highest BCUT2D eigenvalue weighted by Crippen LogP contribution is 2.34. The van der Waals surface area contributed by atoms with E-state index in [4.69, 9.17) is 21.3 Å². The molecule has 1 aromatic carbocycles. The maximum atomic E-state index is 12.2. The number of pyridine rings is 1. The maximum absolute atomic E-state index is 12.2. The summed E-state index contributed by atoms with van der Waals surface area (Å²) in [6.45, 7) is 0. The average Bonchev–Trinajstić information content (AvgIpc) is 3.29. The van der Waals surface area contributed by atoms with E-state index in [-0.39, 0.29) is 23.8 Å². The third-order valence-electron chi connectivity index (χ3n) is 7.44. The fourth-order valence-electron chi connectivity index (χ4n) is 5.27. The Kier molecular flexibility index (Phi) is 7.20. The number of aliphatic carboxylic acids is 1. The van der Waals surface area contributed by atoms with Crippen molar-refractivity contribution >= 4 is 40.2 Å². The van der Waals surface area contributed by atoms with Gasteiger partial charge in [0.1, 0.15) is 6.10 Å². The van der Waals surface area contributed by atoms with Crippen LogP contribution in [0.2, 0.25) is 5.02 Å². The normalized spacial score (nSPS) is 21.9. The van der Waals surface area contributed by atoms with Crippen molar-refractivity contribution in [3.8, 4) is 17.3 Å². The standard InChI is InChI=1S/C28H31ClN4O4/c1-33(2)26(34)19-11-13-21(14-12-19)37-28-30-23-15-22(29)24(31-25(23)32-28)18-7-3-16(4-8-18)17-5-9-20(10-6-17)27(35)36/h3-5,7-8,15,19-21H,6,9-14H2,1-2H3,(H,35,36)(H,30,31,32). The van der Waals surface area contributed by atoms with Crippen LogP contribution in [0.1, 0.15) is 50.5 Å². The van der Waals surface area contributed by atoms with Gasteiger partial charge in [0.2, 0.25) is 5.91 Å². The van der Waals surface area contributed by atoms with Crippen LogP contribution in [0.4, 0.5) is 0 Å². The number of imidazole rings is 1. The number of aromatic amines is 1. The van der Waals surface area contributed by atoms with E-state index < -0.39 is 5.97 Å². The summed E-state index contributed by atoms with van der Waals surface area (Å²) in [5, 5.41) is 9.72. The smallest absolute Gasteiger partial charge is 0.306 e. The number of H-pyrrole nitrogens is 1. The molecule has 2 aromatic heterocycles. The molecule has 2 aliphatic carbocycles. The third kappa shape index (κ3) is 5.49. The highest BCUT2D eigenvalue weighted by Gasteiger charge is 2.29. The Labute approximate surface area is 220 Å². The number of carboxylic acid groups (broad SMARTS) is 1. The zero-order chi connectivity index (χ0) is 26.1. The van der Waals surface area contributed by atoms with Crippen molar-refractivity contribution in [2.45, 2.75) is 51.0 Å². The number of carbonyl (C=O) groups excluding carboxylic acids is 1. The van der Waals surface area contributed by atoms with Gasteiger partial charge in [-0.2, -0.15) is 4.98 Å². The van der Waals surface area contributed by atoms with Gasteiger partial charge in [-0.15, -0.1) is 0 Å². The van der Waals surface area contributed by atoms with Gasteiger partial charge in [0.25, 0.3) is 6.01 Å². The van der Waals surface area contributed by atoms with E-state index in [1.165, 1.54) is 5.57 Å². The second kappa shape index (κ2) is 10.5. The molecule has 5 rings (SSSR count). The van der Waals surface area contributed by atoms with Gasteiger partial charge in [-0.3, -0.25) is 9.59 Å². The second-order valence-electron chi connectivity index (χ2n) is 10.2. The van der Waals surface area contributed by atoms with Crippen LogP contribution in [0, 0.1) is 11.8 Å². The van der Waals surface area contributed by atoms with Gasteiger partial charge in [-0.05, 0) is 62.1 Å². The Morgan fingerprint density at radius 3 is 2.35 bits per heavy atom. The van der Waals surface area contributed by atoms with Crippen LogP contribution in [0.5, 0.6) is 6.01 Å². The van der Waals surface area contributed by atoms with E-state index in [2.05, 4.69) is 9.97 Å². The number of carboxylic acids is 1. The molecule has 8 nitrogen and oxygen atoms in total. The lowest BCUT2D eigenvalue weighted by atomic mass is 9.86.